The van der Waals surface area contributed by atoms with Crippen molar-refractivity contribution in [2.45, 2.75) is 6.18 Å². The Labute approximate surface area is 87.9 Å². The van der Waals surface area contributed by atoms with E-state index in [-0.39, 0.29) is 11.3 Å². The predicted molar refractivity (Wildman–Crippen MR) is 47.3 cm³/mol. The van der Waals surface area contributed by atoms with Crippen LogP contribution in [-0.4, -0.2) is 24.2 Å². The van der Waals surface area contributed by atoms with Crippen molar-refractivity contribution < 1.29 is 27.5 Å². The van der Waals surface area contributed by atoms with Crippen LogP contribution in [0.3, 0.4) is 0 Å². The molecule has 16 heavy (non-hydrogen) atoms. The summed E-state index contributed by atoms with van der Waals surface area (Å²) in [6, 6.07) is 3.35. The largest absolute Gasteiger partial charge is 0.483 e. The van der Waals surface area contributed by atoms with Gasteiger partial charge < -0.3 is 9.94 Å². The average molecular weight is 237 g/mol. The summed E-state index contributed by atoms with van der Waals surface area (Å²) in [6.45, 7) is -1.54. The second-order valence-electron chi connectivity index (χ2n) is 2.80. The quantitative estimate of drug-likeness (QED) is 0.380. The molecule has 0 amide bonds. The van der Waals surface area contributed by atoms with E-state index in [9.17, 15) is 17.6 Å². The molecule has 1 aromatic carbocycles. The summed E-state index contributed by atoms with van der Waals surface area (Å²) in [5, 5.41) is 10.8. The van der Waals surface area contributed by atoms with Crippen molar-refractivity contribution in [1.29, 1.82) is 0 Å². The molecular formula is C9H7F4NO2. The fraction of sp³-hybridized carbons (Fsp3) is 0.222. The third-order valence-electron chi connectivity index (χ3n) is 1.59. The molecule has 0 aliphatic heterocycles. The second-order valence-corrected chi connectivity index (χ2v) is 2.80. The van der Waals surface area contributed by atoms with Crippen molar-refractivity contribution >= 4 is 6.21 Å². The van der Waals surface area contributed by atoms with E-state index in [2.05, 4.69) is 9.89 Å². The lowest BCUT2D eigenvalue weighted by molar-refractivity contribution is -0.153. The molecule has 1 N–H and O–H groups in total. The van der Waals surface area contributed by atoms with Gasteiger partial charge >= 0.3 is 6.18 Å². The Hall–Kier alpha value is -1.79. The van der Waals surface area contributed by atoms with Gasteiger partial charge in [-0.05, 0) is 12.1 Å². The smallest absolute Gasteiger partial charge is 0.422 e. The Morgan fingerprint density at radius 2 is 2.06 bits per heavy atom. The molecule has 88 valence electrons. The van der Waals surface area contributed by atoms with Crippen LogP contribution < -0.4 is 4.74 Å². The zero-order chi connectivity index (χ0) is 12.2. The normalized spacial score (nSPS) is 12.0. The van der Waals surface area contributed by atoms with Crippen molar-refractivity contribution in [2.75, 3.05) is 6.61 Å². The van der Waals surface area contributed by atoms with Gasteiger partial charge in [0, 0.05) is 0 Å². The molecule has 0 unspecified atom stereocenters. The van der Waals surface area contributed by atoms with Gasteiger partial charge in [-0.3, -0.25) is 0 Å². The third kappa shape index (κ3) is 3.41. The molecule has 0 spiro atoms. The Morgan fingerprint density at radius 1 is 1.38 bits per heavy atom. The highest BCUT2D eigenvalue weighted by molar-refractivity contribution is 5.83. The molecule has 0 aliphatic rings. The van der Waals surface area contributed by atoms with E-state index < -0.39 is 18.6 Å². The summed E-state index contributed by atoms with van der Waals surface area (Å²) in [4.78, 5) is 0. The van der Waals surface area contributed by atoms with Gasteiger partial charge in [-0.25, -0.2) is 4.39 Å². The zero-order valence-electron chi connectivity index (χ0n) is 7.83. The van der Waals surface area contributed by atoms with Gasteiger partial charge in [0.15, 0.2) is 6.61 Å². The molecule has 0 atom stereocenters. The molecule has 1 rings (SSSR count). The summed E-state index contributed by atoms with van der Waals surface area (Å²) in [7, 11) is 0. The predicted octanol–water partition coefficient (Wildman–Crippen LogP) is 2.57. The highest BCUT2D eigenvalue weighted by Gasteiger charge is 2.28. The average Bonchev–Trinajstić information content (AvgIpc) is 2.18. The first-order valence-electron chi connectivity index (χ1n) is 4.09. The molecule has 0 heterocycles. The highest BCUT2D eigenvalue weighted by atomic mass is 19.4. The molecule has 0 aliphatic carbocycles. The molecule has 0 radical (unpaired) electrons. The number of benzene rings is 1. The summed E-state index contributed by atoms with van der Waals surface area (Å²) >= 11 is 0. The SMILES string of the molecule is O/N=C/c1c(F)cccc1OCC(F)(F)F. The minimum atomic E-state index is -4.51. The van der Waals surface area contributed by atoms with Crippen molar-refractivity contribution in [3.63, 3.8) is 0 Å². The summed E-state index contributed by atoms with van der Waals surface area (Å²) < 4.78 is 53.0. The van der Waals surface area contributed by atoms with Crippen LogP contribution in [0.15, 0.2) is 23.4 Å². The standard InChI is InChI=1S/C9H7F4NO2/c10-7-2-1-3-8(6(7)4-14-15)16-5-9(11,12)13/h1-4,15H,5H2/b14-4+. The molecule has 0 saturated heterocycles. The van der Waals surface area contributed by atoms with Crippen LogP contribution in [0.5, 0.6) is 5.75 Å². The van der Waals surface area contributed by atoms with E-state index in [1.807, 2.05) is 0 Å². The number of rotatable bonds is 3. The van der Waals surface area contributed by atoms with Gasteiger partial charge in [-0.15, -0.1) is 0 Å². The molecular weight excluding hydrogens is 230 g/mol. The van der Waals surface area contributed by atoms with Gasteiger partial charge in [0.05, 0.1) is 11.8 Å². The van der Waals surface area contributed by atoms with Crippen LogP contribution in [0.2, 0.25) is 0 Å². The maximum absolute atomic E-state index is 13.1. The van der Waals surface area contributed by atoms with E-state index in [1.165, 1.54) is 6.07 Å². The lowest BCUT2D eigenvalue weighted by atomic mass is 10.2. The fourth-order valence-corrected chi connectivity index (χ4v) is 0.986. The number of oxime groups is 1. The van der Waals surface area contributed by atoms with Gasteiger partial charge in [-0.2, -0.15) is 13.2 Å². The fourth-order valence-electron chi connectivity index (χ4n) is 0.986. The Morgan fingerprint density at radius 3 is 2.62 bits per heavy atom. The molecule has 1 aromatic rings. The number of hydrogen-bond acceptors (Lipinski definition) is 3. The van der Waals surface area contributed by atoms with Gasteiger partial charge in [-0.1, -0.05) is 11.2 Å². The Bertz CT molecular complexity index is 390. The molecule has 3 nitrogen and oxygen atoms in total. The van der Waals surface area contributed by atoms with Gasteiger partial charge in [0.2, 0.25) is 0 Å². The van der Waals surface area contributed by atoms with Crippen LogP contribution in [0.25, 0.3) is 0 Å². The summed E-state index contributed by atoms with van der Waals surface area (Å²) in [6.07, 6.45) is -3.85. The van der Waals surface area contributed by atoms with Crippen molar-refractivity contribution in [3.05, 3.63) is 29.6 Å². The molecule has 7 heteroatoms. The first kappa shape index (κ1) is 12.3. The maximum atomic E-state index is 13.1. The topological polar surface area (TPSA) is 41.8 Å². The minimum Gasteiger partial charge on any atom is -0.483 e. The Kier molecular flexibility index (Phi) is 3.70. The van der Waals surface area contributed by atoms with Crippen LogP contribution in [0, 0.1) is 5.82 Å². The first-order chi connectivity index (χ1) is 7.44. The molecule has 0 saturated carbocycles. The summed E-state index contributed by atoms with van der Waals surface area (Å²) in [5.41, 5.74) is -0.339. The van der Waals surface area contributed by atoms with Crippen molar-refractivity contribution in [1.82, 2.24) is 0 Å². The summed E-state index contributed by atoms with van der Waals surface area (Å²) in [5.74, 6) is -1.17. The van der Waals surface area contributed by atoms with E-state index in [1.54, 1.807) is 0 Å². The van der Waals surface area contributed by atoms with Crippen molar-refractivity contribution in [2.24, 2.45) is 5.16 Å². The molecule has 0 aromatic heterocycles. The lowest BCUT2D eigenvalue weighted by Crippen LogP contribution is -2.19. The van der Waals surface area contributed by atoms with E-state index in [0.717, 1.165) is 12.1 Å². The van der Waals surface area contributed by atoms with Crippen LogP contribution in [0.4, 0.5) is 17.6 Å². The number of halogens is 4. The monoisotopic (exact) mass is 237 g/mol. The maximum Gasteiger partial charge on any atom is 0.422 e. The zero-order valence-corrected chi connectivity index (χ0v) is 7.83. The number of ether oxygens (including phenoxy) is 1. The molecule has 0 bridgehead atoms. The number of alkyl halides is 3. The Balaban J connectivity index is 2.91. The van der Waals surface area contributed by atoms with Crippen molar-refractivity contribution in [3.8, 4) is 5.75 Å². The van der Waals surface area contributed by atoms with Crippen LogP contribution >= 0.6 is 0 Å². The highest BCUT2D eigenvalue weighted by Crippen LogP contribution is 2.23. The minimum absolute atomic E-state index is 0.338. The molecule has 0 fully saturated rings. The number of hydrogen-bond donors (Lipinski definition) is 1. The lowest BCUT2D eigenvalue weighted by Gasteiger charge is -2.11. The first-order valence-corrected chi connectivity index (χ1v) is 4.09. The van der Waals surface area contributed by atoms with E-state index in [0.29, 0.717) is 6.21 Å². The van der Waals surface area contributed by atoms with E-state index >= 15 is 0 Å². The second kappa shape index (κ2) is 4.82. The van der Waals surface area contributed by atoms with Crippen LogP contribution in [-0.2, 0) is 0 Å². The number of nitrogens with zero attached hydrogens (tertiary/aromatic N) is 1. The van der Waals surface area contributed by atoms with E-state index in [4.69, 9.17) is 5.21 Å². The van der Waals surface area contributed by atoms with Gasteiger partial charge in [0.1, 0.15) is 11.6 Å². The van der Waals surface area contributed by atoms with Gasteiger partial charge in [0.25, 0.3) is 0 Å². The third-order valence-corrected chi connectivity index (χ3v) is 1.59. The van der Waals surface area contributed by atoms with Crippen LogP contribution in [0.1, 0.15) is 5.56 Å².